The molecule has 0 aliphatic heterocycles. The first-order valence-electron chi connectivity index (χ1n) is 5.27. The molecule has 11 heteroatoms. The SMILES string of the molecule is C=CC(=O)O[P+](=O)OCC[N+](C)(C)C.COP(=O)(O)O. The molecule has 0 aliphatic carbocycles. The summed E-state index contributed by atoms with van der Waals surface area (Å²) in [7, 11) is 0.374. The van der Waals surface area contributed by atoms with Crippen molar-refractivity contribution in [1.82, 2.24) is 0 Å². The summed E-state index contributed by atoms with van der Waals surface area (Å²) in [5, 5.41) is 0. The summed E-state index contributed by atoms with van der Waals surface area (Å²) in [5.41, 5.74) is 0. The Morgan fingerprint density at radius 2 is 1.85 bits per heavy atom. The minimum atomic E-state index is -4.15. The number of carbonyl (C=O) groups excluding carboxylic acids is 1. The van der Waals surface area contributed by atoms with Crippen molar-refractivity contribution in [1.29, 1.82) is 0 Å². The number of rotatable bonds is 7. The Kier molecular flexibility index (Phi) is 11.0. The van der Waals surface area contributed by atoms with Gasteiger partial charge in [-0.25, -0.2) is 9.36 Å². The quantitative estimate of drug-likeness (QED) is 0.399. The van der Waals surface area contributed by atoms with Crippen LogP contribution >= 0.6 is 16.1 Å². The van der Waals surface area contributed by atoms with Gasteiger partial charge >= 0.3 is 22.0 Å². The fourth-order valence-corrected chi connectivity index (χ4v) is 1.03. The van der Waals surface area contributed by atoms with Crippen LogP contribution in [0.4, 0.5) is 0 Å². The summed E-state index contributed by atoms with van der Waals surface area (Å²) in [4.78, 5) is 26.0. The number of hydrogen-bond donors (Lipinski definition) is 2. The van der Waals surface area contributed by atoms with Crippen LogP contribution in [0.2, 0.25) is 0 Å². The molecule has 0 aromatic rings. The van der Waals surface area contributed by atoms with Gasteiger partial charge in [-0.3, -0.25) is 4.52 Å². The van der Waals surface area contributed by atoms with Crippen LogP contribution in [0.3, 0.4) is 0 Å². The second kappa shape index (κ2) is 10.1. The van der Waals surface area contributed by atoms with E-state index in [1.807, 2.05) is 21.1 Å². The molecule has 0 bridgehead atoms. The normalized spacial score (nSPS) is 12.0. The first kappa shape index (κ1) is 21.6. The molecule has 9 nitrogen and oxygen atoms in total. The molecule has 0 heterocycles. The molecule has 0 aromatic heterocycles. The van der Waals surface area contributed by atoms with Crippen molar-refractivity contribution in [2.24, 2.45) is 0 Å². The molecule has 0 rings (SSSR count). The molecular weight excluding hydrogens is 312 g/mol. The molecule has 1 unspecified atom stereocenters. The van der Waals surface area contributed by atoms with E-state index in [9.17, 15) is 13.9 Å². The number of likely N-dealkylation sites (N-methyl/N-ethyl adjacent to an activating group) is 1. The number of hydrogen-bond acceptors (Lipinski definition) is 6. The molecule has 0 aliphatic rings. The van der Waals surface area contributed by atoms with Crippen LogP contribution in [0, 0.1) is 0 Å². The van der Waals surface area contributed by atoms with Crippen LogP contribution in [-0.4, -0.2) is 61.6 Å². The monoisotopic (exact) mass is 333 g/mol. The van der Waals surface area contributed by atoms with Gasteiger partial charge in [0, 0.05) is 17.8 Å². The molecule has 0 saturated heterocycles. The molecule has 0 aromatic carbocycles. The average molecular weight is 333 g/mol. The Bertz CT molecular complexity index is 373. The van der Waals surface area contributed by atoms with E-state index in [1.54, 1.807) is 0 Å². The highest BCUT2D eigenvalue weighted by molar-refractivity contribution is 7.46. The lowest BCUT2D eigenvalue weighted by Crippen LogP contribution is -2.37. The van der Waals surface area contributed by atoms with Crippen molar-refractivity contribution >= 4 is 22.0 Å². The van der Waals surface area contributed by atoms with Gasteiger partial charge in [-0.1, -0.05) is 6.58 Å². The van der Waals surface area contributed by atoms with Crippen molar-refractivity contribution < 1.29 is 41.8 Å². The average Bonchev–Trinajstić information content (AvgIpc) is 2.26. The summed E-state index contributed by atoms with van der Waals surface area (Å²) < 4.78 is 33.8. The Balaban J connectivity index is 0. The third kappa shape index (κ3) is 19.7. The highest BCUT2D eigenvalue weighted by Crippen LogP contribution is 2.33. The maximum atomic E-state index is 10.9. The lowest BCUT2D eigenvalue weighted by molar-refractivity contribution is -0.870. The second-order valence-corrected chi connectivity index (χ2v) is 6.59. The smallest absolute Gasteiger partial charge is 0.329 e. The maximum absolute atomic E-state index is 10.9. The van der Waals surface area contributed by atoms with Crippen LogP contribution in [0.15, 0.2) is 12.7 Å². The first-order chi connectivity index (χ1) is 8.91. The molecule has 118 valence electrons. The zero-order valence-corrected chi connectivity index (χ0v) is 13.7. The molecular formula is C9H21NO8P2+2. The van der Waals surface area contributed by atoms with Crippen molar-refractivity contribution in [2.45, 2.75) is 0 Å². The third-order valence-electron chi connectivity index (χ3n) is 1.53. The summed E-state index contributed by atoms with van der Waals surface area (Å²) in [6.45, 7) is 4.14. The standard InChI is InChI=1S/C8H16NO4P.CH5O4P/c1-5-8(10)13-14(11)12-7-6-9(2,3)4;1-5-6(2,3)4/h5H,1,6-7H2,2-4H3;1H3,(H2,2,3,4)/q+2;. The molecule has 0 spiro atoms. The number of phosphoric ester groups is 1. The fourth-order valence-electron chi connectivity index (χ4n) is 0.526. The molecule has 2 N–H and O–H groups in total. The van der Waals surface area contributed by atoms with Gasteiger partial charge in [0.05, 0.1) is 21.1 Å². The van der Waals surface area contributed by atoms with Crippen LogP contribution in [0.5, 0.6) is 0 Å². The summed E-state index contributed by atoms with van der Waals surface area (Å²) in [5.74, 6) is -0.739. The van der Waals surface area contributed by atoms with Crippen molar-refractivity contribution in [3.63, 3.8) is 0 Å². The maximum Gasteiger partial charge on any atom is 0.753 e. The van der Waals surface area contributed by atoms with Crippen LogP contribution in [0.1, 0.15) is 0 Å². The Morgan fingerprint density at radius 3 is 2.15 bits per heavy atom. The van der Waals surface area contributed by atoms with Gasteiger partial charge in [0.1, 0.15) is 6.54 Å². The third-order valence-corrected chi connectivity index (χ3v) is 2.73. The largest absolute Gasteiger partial charge is 0.753 e. The Labute approximate surface area is 118 Å². The van der Waals surface area contributed by atoms with Crippen LogP contribution < -0.4 is 0 Å². The minimum absolute atomic E-state index is 0.281. The van der Waals surface area contributed by atoms with E-state index in [4.69, 9.17) is 14.3 Å². The first-order valence-corrected chi connectivity index (χ1v) is 7.90. The zero-order chi connectivity index (χ0) is 16.4. The second-order valence-electron chi connectivity index (χ2n) is 4.36. The predicted octanol–water partition coefficient (Wildman–Crippen LogP) is 0.821. The van der Waals surface area contributed by atoms with Gasteiger partial charge in [0.25, 0.3) is 0 Å². The molecule has 0 radical (unpaired) electrons. The highest BCUT2D eigenvalue weighted by atomic mass is 31.2. The van der Waals surface area contributed by atoms with E-state index in [2.05, 4.69) is 15.6 Å². The van der Waals surface area contributed by atoms with E-state index < -0.39 is 22.0 Å². The minimum Gasteiger partial charge on any atom is -0.329 e. The van der Waals surface area contributed by atoms with Gasteiger partial charge in [-0.2, -0.15) is 4.52 Å². The van der Waals surface area contributed by atoms with E-state index in [0.29, 0.717) is 11.0 Å². The lowest BCUT2D eigenvalue weighted by Gasteiger charge is -2.21. The van der Waals surface area contributed by atoms with Crippen molar-refractivity contribution in [2.75, 3.05) is 41.4 Å². The van der Waals surface area contributed by atoms with Crippen LogP contribution in [-0.2, 0) is 27.5 Å². The van der Waals surface area contributed by atoms with E-state index in [-0.39, 0.29) is 6.61 Å². The molecule has 0 fully saturated rings. The Hall–Kier alpha value is -0.660. The molecule has 0 saturated carbocycles. The summed E-state index contributed by atoms with van der Waals surface area (Å²) in [6.07, 6.45) is 0.941. The van der Waals surface area contributed by atoms with E-state index in [1.165, 1.54) is 0 Å². The fraction of sp³-hybridized carbons (Fsp3) is 0.667. The highest BCUT2D eigenvalue weighted by Gasteiger charge is 2.25. The zero-order valence-electron chi connectivity index (χ0n) is 11.9. The van der Waals surface area contributed by atoms with Gasteiger partial charge in [-0.05, 0) is 0 Å². The van der Waals surface area contributed by atoms with E-state index in [0.717, 1.165) is 13.2 Å². The Morgan fingerprint density at radius 1 is 1.40 bits per heavy atom. The van der Waals surface area contributed by atoms with Crippen molar-refractivity contribution in [3.05, 3.63) is 12.7 Å². The number of quaternary nitrogens is 1. The predicted molar refractivity (Wildman–Crippen MR) is 71.8 cm³/mol. The number of phosphoric acid groups is 1. The lowest BCUT2D eigenvalue weighted by atomic mass is 10.5. The van der Waals surface area contributed by atoms with Gasteiger partial charge in [0.15, 0.2) is 6.61 Å². The number of carbonyl (C=O) groups is 1. The van der Waals surface area contributed by atoms with Crippen molar-refractivity contribution in [3.8, 4) is 0 Å². The number of nitrogens with zero attached hydrogens (tertiary/aromatic N) is 1. The van der Waals surface area contributed by atoms with Crippen LogP contribution in [0.25, 0.3) is 0 Å². The molecule has 1 atom stereocenters. The summed E-state index contributed by atoms with van der Waals surface area (Å²) >= 11 is 0. The van der Waals surface area contributed by atoms with E-state index >= 15 is 0 Å². The summed E-state index contributed by atoms with van der Waals surface area (Å²) in [6, 6.07) is 0. The van der Waals surface area contributed by atoms with Gasteiger partial charge in [0.2, 0.25) is 0 Å². The van der Waals surface area contributed by atoms with Gasteiger partial charge < -0.3 is 14.3 Å². The molecule has 0 amide bonds. The topological polar surface area (TPSA) is 119 Å². The molecule has 20 heavy (non-hydrogen) atoms. The van der Waals surface area contributed by atoms with Gasteiger partial charge in [-0.15, -0.1) is 4.52 Å².